The number of aryl methyl sites for hydroxylation is 2. The Hall–Kier alpha value is -1.48. The van der Waals surface area contributed by atoms with Gasteiger partial charge in [-0.3, -0.25) is 0 Å². The van der Waals surface area contributed by atoms with Gasteiger partial charge >= 0.3 is 0 Å². The van der Waals surface area contributed by atoms with Crippen molar-refractivity contribution < 1.29 is 4.74 Å². The zero-order valence-corrected chi connectivity index (χ0v) is 11.2. The van der Waals surface area contributed by atoms with E-state index in [0.717, 1.165) is 11.3 Å². The maximum atomic E-state index is 6.22. The summed E-state index contributed by atoms with van der Waals surface area (Å²) in [6.45, 7) is 6.14. The second-order valence-corrected chi connectivity index (χ2v) is 5.22. The van der Waals surface area contributed by atoms with Crippen LogP contribution in [0.4, 0.5) is 0 Å². The van der Waals surface area contributed by atoms with Crippen molar-refractivity contribution in [1.29, 1.82) is 0 Å². The standard InChI is InChI=1S/C14H20N2O/c1-9-6-10(17-5)7-11-12(14(2,3)15)8-16(4)13(9)11/h6-8H,15H2,1-5H3. The maximum Gasteiger partial charge on any atom is 0.119 e. The molecule has 0 fully saturated rings. The third kappa shape index (κ3) is 1.91. The van der Waals surface area contributed by atoms with Crippen LogP contribution in [0.2, 0.25) is 0 Å². The fourth-order valence-electron chi connectivity index (χ4n) is 2.38. The SMILES string of the molecule is COc1cc(C)c2c(c1)c(C(C)(C)N)cn2C. The van der Waals surface area contributed by atoms with Crippen molar-refractivity contribution in [3.05, 3.63) is 29.5 Å². The maximum absolute atomic E-state index is 6.22. The van der Waals surface area contributed by atoms with Crippen LogP contribution in [-0.2, 0) is 12.6 Å². The molecule has 0 bridgehead atoms. The minimum atomic E-state index is -0.349. The van der Waals surface area contributed by atoms with E-state index < -0.39 is 0 Å². The number of aromatic nitrogens is 1. The molecule has 0 aliphatic rings. The lowest BCUT2D eigenvalue weighted by Gasteiger charge is -2.18. The quantitative estimate of drug-likeness (QED) is 0.864. The molecule has 2 aromatic rings. The molecule has 3 heteroatoms. The summed E-state index contributed by atoms with van der Waals surface area (Å²) in [7, 11) is 3.74. The summed E-state index contributed by atoms with van der Waals surface area (Å²) in [4.78, 5) is 0. The Morgan fingerprint density at radius 1 is 1.29 bits per heavy atom. The molecule has 0 spiro atoms. The zero-order chi connectivity index (χ0) is 12.8. The van der Waals surface area contributed by atoms with Crippen molar-refractivity contribution in [2.24, 2.45) is 12.8 Å². The molecule has 1 heterocycles. The molecule has 0 saturated carbocycles. The van der Waals surface area contributed by atoms with Crippen LogP contribution in [0.1, 0.15) is 25.0 Å². The van der Waals surface area contributed by atoms with Gasteiger partial charge in [0.15, 0.2) is 0 Å². The molecule has 0 aliphatic heterocycles. The van der Waals surface area contributed by atoms with Crippen molar-refractivity contribution >= 4 is 10.9 Å². The smallest absolute Gasteiger partial charge is 0.119 e. The minimum Gasteiger partial charge on any atom is -0.497 e. The fraction of sp³-hybridized carbons (Fsp3) is 0.429. The molecule has 0 unspecified atom stereocenters. The molecule has 0 aliphatic carbocycles. The first kappa shape index (κ1) is 12.0. The van der Waals surface area contributed by atoms with Gasteiger partial charge in [0.05, 0.1) is 12.6 Å². The Labute approximate surface area is 102 Å². The van der Waals surface area contributed by atoms with Crippen LogP contribution < -0.4 is 10.5 Å². The number of hydrogen-bond donors (Lipinski definition) is 1. The summed E-state index contributed by atoms with van der Waals surface area (Å²) in [6, 6.07) is 4.11. The number of nitrogens with two attached hydrogens (primary N) is 1. The summed E-state index contributed by atoms with van der Waals surface area (Å²) in [5, 5.41) is 1.18. The van der Waals surface area contributed by atoms with E-state index in [-0.39, 0.29) is 5.54 Å². The highest BCUT2D eigenvalue weighted by Crippen LogP contribution is 2.33. The summed E-state index contributed by atoms with van der Waals surface area (Å²) >= 11 is 0. The average molecular weight is 232 g/mol. The van der Waals surface area contributed by atoms with E-state index in [1.54, 1.807) is 7.11 Å². The lowest BCUT2D eigenvalue weighted by Crippen LogP contribution is -2.28. The van der Waals surface area contributed by atoms with E-state index >= 15 is 0 Å². The van der Waals surface area contributed by atoms with E-state index in [1.807, 2.05) is 13.8 Å². The number of ether oxygens (including phenoxy) is 1. The Balaban J connectivity index is 2.84. The van der Waals surface area contributed by atoms with Gasteiger partial charge in [0.1, 0.15) is 5.75 Å². The summed E-state index contributed by atoms with van der Waals surface area (Å²) in [5.41, 5.74) is 9.45. The predicted octanol–water partition coefficient (Wildman–Crippen LogP) is 2.69. The fourth-order valence-corrected chi connectivity index (χ4v) is 2.38. The normalized spacial score (nSPS) is 12.1. The molecule has 2 rings (SSSR count). The van der Waals surface area contributed by atoms with Crippen molar-refractivity contribution in [3.8, 4) is 5.75 Å². The molecule has 2 N–H and O–H groups in total. The Morgan fingerprint density at radius 3 is 2.47 bits per heavy atom. The van der Waals surface area contributed by atoms with Crippen LogP contribution in [0, 0.1) is 6.92 Å². The summed E-state index contributed by atoms with van der Waals surface area (Å²) in [6.07, 6.45) is 2.11. The first-order valence-corrected chi connectivity index (χ1v) is 5.77. The van der Waals surface area contributed by atoms with Gasteiger partial charge in [-0.1, -0.05) is 0 Å². The molecule has 92 valence electrons. The van der Waals surface area contributed by atoms with Crippen LogP contribution in [0.25, 0.3) is 10.9 Å². The number of methoxy groups -OCH3 is 1. The molecule has 0 atom stereocenters. The molecular formula is C14H20N2O. The van der Waals surface area contributed by atoms with Gasteiger partial charge in [-0.25, -0.2) is 0 Å². The molecule has 0 saturated heterocycles. The van der Waals surface area contributed by atoms with Gasteiger partial charge in [-0.05, 0) is 44.0 Å². The van der Waals surface area contributed by atoms with Gasteiger partial charge < -0.3 is 15.0 Å². The van der Waals surface area contributed by atoms with Crippen molar-refractivity contribution in [2.45, 2.75) is 26.3 Å². The largest absolute Gasteiger partial charge is 0.497 e. The van der Waals surface area contributed by atoms with Crippen LogP contribution in [0.5, 0.6) is 5.75 Å². The van der Waals surface area contributed by atoms with Crippen LogP contribution in [-0.4, -0.2) is 11.7 Å². The minimum absolute atomic E-state index is 0.349. The van der Waals surface area contributed by atoms with Crippen molar-refractivity contribution in [1.82, 2.24) is 4.57 Å². The molecule has 1 aromatic carbocycles. The number of nitrogens with zero attached hydrogens (tertiary/aromatic N) is 1. The second kappa shape index (κ2) is 3.77. The Kier molecular flexibility index (Phi) is 2.66. The van der Waals surface area contributed by atoms with E-state index in [4.69, 9.17) is 10.5 Å². The summed E-state index contributed by atoms with van der Waals surface area (Å²) in [5.74, 6) is 0.881. The molecule has 0 radical (unpaired) electrons. The van der Waals surface area contributed by atoms with Gasteiger partial charge in [0, 0.05) is 24.2 Å². The molecule has 3 nitrogen and oxygen atoms in total. The Morgan fingerprint density at radius 2 is 1.94 bits per heavy atom. The predicted molar refractivity (Wildman–Crippen MR) is 71.4 cm³/mol. The van der Waals surface area contributed by atoms with E-state index in [0.29, 0.717) is 0 Å². The lowest BCUT2D eigenvalue weighted by atomic mass is 9.94. The van der Waals surface area contributed by atoms with Crippen molar-refractivity contribution in [2.75, 3.05) is 7.11 Å². The van der Waals surface area contributed by atoms with Gasteiger partial charge in [-0.15, -0.1) is 0 Å². The van der Waals surface area contributed by atoms with Crippen LogP contribution in [0.3, 0.4) is 0 Å². The van der Waals surface area contributed by atoms with Crippen LogP contribution in [0.15, 0.2) is 18.3 Å². The lowest BCUT2D eigenvalue weighted by molar-refractivity contribution is 0.415. The number of fused-ring (bicyclic) bond motifs is 1. The molecule has 1 aromatic heterocycles. The third-order valence-corrected chi connectivity index (χ3v) is 3.17. The topological polar surface area (TPSA) is 40.2 Å². The monoisotopic (exact) mass is 232 g/mol. The highest BCUT2D eigenvalue weighted by Gasteiger charge is 2.21. The van der Waals surface area contributed by atoms with E-state index in [2.05, 4.69) is 36.9 Å². The highest BCUT2D eigenvalue weighted by molar-refractivity contribution is 5.89. The van der Waals surface area contributed by atoms with Crippen molar-refractivity contribution in [3.63, 3.8) is 0 Å². The van der Waals surface area contributed by atoms with Gasteiger partial charge in [0.2, 0.25) is 0 Å². The number of benzene rings is 1. The number of rotatable bonds is 2. The third-order valence-electron chi connectivity index (χ3n) is 3.17. The van der Waals surface area contributed by atoms with E-state index in [9.17, 15) is 0 Å². The van der Waals surface area contributed by atoms with Crippen LogP contribution >= 0.6 is 0 Å². The summed E-state index contributed by atoms with van der Waals surface area (Å²) < 4.78 is 7.46. The Bertz CT molecular complexity index is 562. The molecular weight excluding hydrogens is 212 g/mol. The molecule has 0 amide bonds. The zero-order valence-electron chi connectivity index (χ0n) is 11.2. The second-order valence-electron chi connectivity index (χ2n) is 5.22. The molecule has 17 heavy (non-hydrogen) atoms. The number of hydrogen-bond acceptors (Lipinski definition) is 2. The van der Waals surface area contributed by atoms with Gasteiger partial charge in [0.25, 0.3) is 0 Å². The highest BCUT2D eigenvalue weighted by atomic mass is 16.5. The first-order chi connectivity index (χ1) is 7.84. The average Bonchev–Trinajstić information content (AvgIpc) is 2.55. The first-order valence-electron chi connectivity index (χ1n) is 5.77. The van der Waals surface area contributed by atoms with Gasteiger partial charge in [-0.2, -0.15) is 0 Å². The van der Waals surface area contributed by atoms with E-state index in [1.165, 1.54) is 16.5 Å².